The molecule has 0 aliphatic carbocycles. The number of benzene rings is 1. The Labute approximate surface area is 167 Å². The van der Waals surface area contributed by atoms with Crippen molar-refractivity contribution in [2.24, 2.45) is 10.2 Å². The maximum atomic E-state index is 11.6. The van der Waals surface area contributed by atoms with E-state index in [0.29, 0.717) is 18.1 Å². The number of hydrogen-bond donors (Lipinski definition) is 2. The van der Waals surface area contributed by atoms with Gasteiger partial charge in [0.05, 0.1) is 23.3 Å². The maximum absolute atomic E-state index is 11.6. The fourth-order valence-corrected chi connectivity index (χ4v) is 3.69. The molecule has 0 bridgehead atoms. The summed E-state index contributed by atoms with van der Waals surface area (Å²) in [5.74, 6) is -0.251. The summed E-state index contributed by atoms with van der Waals surface area (Å²) in [7, 11) is 1.54. The molecule has 1 aliphatic rings. The third-order valence-electron chi connectivity index (χ3n) is 3.09. The van der Waals surface area contributed by atoms with Crippen LogP contribution in [0.1, 0.15) is 12.0 Å². The minimum absolute atomic E-state index is 0.263. The molecule has 138 valence electrons. The van der Waals surface area contributed by atoms with Gasteiger partial charge in [-0.15, -0.1) is 5.10 Å². The second-order valence-electron chi connectivity index (χ2n) is 4.98. The number of carbonyl (C=O) groups is 2. The van der Waals surface area contributed by atoms with Gasteiger partial charge < -0.3 is 19.9 Å². The lowest BCUT2D eigenvalue weighted by Crippen LogP contribution is -2.26. The van der Waals surface area contributed by atoms with Crippen LogP contribution < -0.4 is 14.8 Å². The fourth-order valence-electron chi connectivity index (χ4n) is 1.99. The van der Waals surface area contributed by atoms with Gasteiger partial charge in [-0.3, -0.25) is 9.59 Å². The number of halogens is 1. The Balaban J connectivity index is 2.11. The van der Waals surface area contributed by atoms with Gasteiger partial charge in [0.2, 0.25) is 5.91 Å². The number of ether oxygens (including phenoxy) is 2. The van der Waals surface area contributed by atoms with Crippen LogP contribution in [0.15, 0.2) is 35.0 Å². The summed E-state index contributed by atoms with van der Waals surface area (Å²) in [5, 5.41) is 18.7. The van der Waals surface area contributed by atoms with Crippen molar-refractivity contribution in [3.63, 3.8) is 0 Å². The van der Waals surface area contributed by atoms with Gasteiger partial charge >= 0.3 is 5.97 Å². The number of rotatable bonds is 8. The zero-order chi connectivity index (χ0) is 19.1. The molecule has 1 aromatic carbocycles. The quantitative estimate of drug-likeness (QED) is 0.251. The van der Waals surface area contributed by atoms with E-state index in [1.165, 1.54) is 6.21 Å². The Bertz CT molecular complexity index is 781. The predicted molar refractivity (Wildman–Crippen MR) is 108 cm³/mol. The number of amides is 1. The van der Waals surface area contributed by atoms with Crippen LogP contribution in [0.25, 0.3) is 0 Å². The first-order chi connectivity index (χ1) is 12.4. The topological polar surface area (TPSA) is 110 Å². The molecule has 1 aromatic rings. The Morgan fingerprint density at radius 2 is 2.31 bits per heavy atom. The number of methoxy groups -OCH3 is 1. The molecule has 2 rings (SSSR count). The lowest BCUT2D eigenvalue weighted by Gasteiger charge is -2.12. The molecule has 0 unspecified atom stereocenters. The summed E-state index contributed by atoms with van der Waals surface area (Å²) in [6.07, 6.45) is 2.89. The maximum Gasteiger partial charge on any atom is 0.305 e. The average Bonchev–Trinajstić information content (AvgIpc) is 2.92. The number of aliphatic carboxylic acids is 1. The van der Waals surface area contributed by atoms with Gasteiger partial charge in [0.1, 0.15) is 11.9 Å². The highest BCUT2D eigenvalue weighted by Crippen LogP contribution is 2.33. The molecule has 1 heterocycles. The molecule has 1 fully saturated rings. The third-order valence-corrected chi connectivity index (χ3v) is 4.96. The minimum Gasteiger partial charge on any atom is -0.493 e. The van der Waals surface area contributed by atoms with Crippen LogP contribution in [0.2, 0.25) is 0 Å². The van der Waals surface area contributed by atoms with E-state index in [4.69, 9.17) is 14.6 Å². The highest BCUT2D eigenvalue weighted by Gasteiger charge is 2.32. The summed E-state index contributed by atoms with van der Waals surface area (Å²) in [6.45, 7) is 3.98. The molecule has 1 atom stereocenters. The van der Waals surface area contributed by atoms with E-state index < -0.39 is 11.2 Å². The van der Waals surface area contributed by atoms with Crippen molar-refractivity contribution in [2.75, 3.05) is 13.7 Å². The van der Waals surface area contributed by atoms with Gasteiger partial charge in [-0.1, -0.05) is 24.4 Å². The zero-order valence-electron chi connectivity index (χ0n) is 13.8. The van der Waals surface area contributed by atoms with Crippen LogP contribution in [0.5, 0.6) is 11.5 Å². The second-order valence-corrected chi connectivity index (χ2v) is 7.33. The predicted octanol–water partition coefficient (Wildman–Crippen LogP) is 2.26. The Hall–Kier alpha value is -2.08. The molecule has 26 heavy (non-hydrogen) atoms. The van der Waals surface area contributed by atoms with Crippen molar-refractivity contribution in [1.29, 1.82) is 0 Å². The number of carboxylic acids is 1. The van der Waals surface area contributed by atoms with Gasteiger partial charge in [-0.05, 0) is 40.3 Å². The molecule has 8 nitrogen and oxygen atoms in total. The molecule has 1 saturated heterocycles. The number of nitrogens with zero attached hydrogens (tertiary/aromatic N) is 2. The van der Waals surface area contributed by atoms with Crippen LogP contribution in [-0.2, 0) is 9.59 Å². The smallest absolute Gasteiger partial charge is 0.305 e. The Morgan fingerprint density at radius 3 is 2.96 bits per heavy atom. The molecule has 10 heteroatoms. The first kappa shape index (κ1) is 20.2. The number of thioether (sulfide) groups is 1. The Kier molecular flexibility index (Phi) is 7.45. The van der Waals surface area contributed by atoms with Gasteiger partial charge in [0.15, 0.2) is 16.7 Å². The summed E-state index contributed by atoms with van der Waals surface area (Å²) in [6, 6.07) is 3.59. The number of hydrogen-bond acceptors (Lipinski definition) is 7. The zero-order valence-corrected chi connectivity index (χ0v) is 16.7. The van der Waals surface area contributed by atoms with Crippen molar-refractivity contribution in [1.82, 2.24) is 5.32 Å². The molecular formula is C16H16IN3O5S. The van der Waals surface area contributed by atoms with Gasteiger partial charge in [-0.25, -0.2) is 0 Å². The molecule has 2 N–H and O–H groups in total. The highest BCUT2D eigenvalue weighted by atomic mass is 127. The van der Waals surface area contributed by atoms with E-state index in [-0.39, 0.29) is 17.5 Å². The first-order valence-electron chi connectivity index (χ1n) is 7.36. The second kappa shape index (κ2) is 9.57. The lowest BCUT2D eigenvalue weighted by molar-refractivity contribution is -0.138. The van der Waals surface area contributed by atoms with E-state index in [2.05, 4.69) is 44.7 Å². The van der Waals surface area contributed by atoms with Crippen molar-refractivity contribution < 1.29 is 24.2 Å². The van der Waals surface area contributed by atoms with E-state index in [9.17, 15) is 9.59 Å². The van der Waals surface area contributed by atoms with Crippen molar-refractivity contribution in [3.8, 4) is 11.5 Å². The van der Waals surface area contributed by atoms with Crippen LogP contribution in [0.4, 0.5) is 0 Å². The monoisotopic (exact) mass is 489 g/mol. The van der Waals surface area contributed by atoms with Crippen LogP contribution in [0.3, 0.4) is 0 Å². The summed E-state index contributed by atoms with van der Waals surface area (Å²) < 4.78 is 11.7. The van der Waals surface area contributed by atoms with Gasteiger partial charge in [0, 0.05) is 0 Å². The summed E-state index contributed by atoms with van der Waals surface area (Å²) in [5.41, 5.74) is 0.734. The van der Waals surface area contributed by atoms with Crippen molar-refractivity contribution >= 4 is 57.6 Å². The van der Waals surface area contributed by atoms with Crippen molar-refractivity contribution in [3.05, 3.63) is 33.9 Å². The molecule has 0 spiro atoms. The molecule has 0 radical (unpaired) electrons. The average molecular weight is 489 g/mol. The van der Waals surface area contributed by atoms with E-state index >= 15 is 0 Å². The minimum atomic E-state index is -1.04. The molecule has 1 aliphatic heterocycles. The van der Waals surface area contributed by atoms with Gasteiger partial charge in [0.25, 0.3) is 0 Å². The molecule has 1 amide bonds. The standard InChI is InChI=1S/C16H16IN3O5S/c1-3-4-25-14-10(17)5-9(6-11(14)24-2)8-18-20-16-19-15(23)12(26-16)7-13(21)22/h3,5-6,8,12H,1,4,7H2,2H3,(H,21,22)(H,19,20,23)/b18-8-/t12-/m1/s1. The van der Waals surface area contributed by atoms with E-state index in [1.807, 2.05) is 6.07 Å². The van der Waals surface area contributed by atoms with Gasteiger partial charge in [-0.2, -0.15) is 5.10 Å². The first-order valence-corrected chi connectivity index (χ1v) is 9.32. The third kappa shape index (κ3) is 5.46. The summed E-state index contributed by atoms with van der Waals surface area (Å²) >= 11 is 3.17. The van der Waals surface area contributed by atoms with Crippen molar-refractivity contribution in [2.45, 2.75) is 11.7 Å². The molecular weight excluding hydrogens is 473 g/mol. The summed E-state index contributed by atoms with van der Waals surface area (Å²) in [4.78, 5) is 22.3. The SMILES string of the molecule is C=CCOc1c(I)cc(/C=N\N=C2\NC(=O)[C@@H](CC(=O)O)S2)cc1OC. The normalized spacial score (nSPS) is 18.2. The van der Waals surface area contributed by atoms with E-state index in [1.54, 1.807) is 19.3 Å². The van der Waals surface area contributed by atoms with Crippen LogP contribution >= 0.6 is 34.4 Å². The van der Waals surface area contributed by atoms with Crippen LogP contribution in [0, 0.1) is 3.57 Å². The molecule has 0 saturated carbocycles. The number of carboxylic acid groups (broad SMARTS) is 1. The molecule has 0 aromatic heterocycles. The van der Waals surface area contributed by atoms with Crippen LogP contribution in [-0.4, -0.2) is 47.3 Å². The fraction of sp³-hybridized carbons (Fsp3) is 0.250. The Morgan fingerprint density at radius 1 is 1.54 bits per heavy atom. The number of nitrogens with one attached hydrogen (secondary N) is 1. The lowest BCUT2D eigenvalue weighted by atomic mass is 10.2. The number of amidine groups is 1. The van der Waals surface area contributed by atoms with E-state index in [0.717, 1.165) is 20.9 Å². The highest BCUT2D eigenvalue weighted by molar-refractivity contribution is 14.1. The largest absolute Gasteiger partial charge is 0.493 e. The number of carbonyl (C=O) groups excluding carboxylic acids is 1.